The molecule has 1 saturated carbocycles. The van der Waals surface area contributed by atoms with Crippen LogP contribution in [0, 0.1) is 0 Å². The zero-order chi connectivity index (χ0) is 12.5. The van der Waals surface area contributed by atoms with Crippen LogP contribution < -0.4 is 0 Å². The topological polar surface area (TPSA) is 37.4 Å². The minimum Gasteiger partial charge on any atom is -0.207 e. The van der Waals surface area contributed by atoms with Crippen LogP contribution in [0.1, 0.15) is 12.8 Å². The molecule has 17 heavy (non-hydrogen) atoms. The van der Waals surface area contributed by atoms with Crippen molar-refractivity contribution in [1.82, 2.24) is 4.31 Å². The van der Waals surface area contributed by atoms with Crippen LogP contribution >= 0.6 is 31.9 Å². The maximum atomic E-state index is 12.4. The van der Waals surface area contributed by atoms with Gasteiger partial charge in [0.2, 0.25) is 10.0 Å². The number of benzene rings is 1. The van der Waals surface area contributed by atoms with Crippen LogP contribution in [0.4, 0.5) is 0 Å². The van der Waals surface area contributed by atoms with Gasteiger partial charge in [-0.2, -0.15) is 4.31 Å². The molecule has 0 spiro atoms. The molecule has 0 N–H and O–H groups in total. The monoisotopic (exact) mass is 381 g/mol. The highest BCUT2D eigenvalue weighted by molar-refractivity contribution is 9.10. The van der Waals surface area contributed by atoms with Crippen molar-refractivity contribution in [3.63, 3.8) is 0 Å². The summed E-state index contributed by atoms with van der Waals surface area (Å²) < 4.78 is 27.3. The van der Waals surface area contributed by atoms with Gasteiger partial charge in [0, 0.05) is 22.4 Å². The summed E-state index contributed by atoms with van der Waals surface area (Å²) in [4.78, 5) is 0.369. The highest BCUT2D eigenvalue weighted by Gasteiger charge is 2.37. The van der Waals surface area contributed by atoms with Gasteiger partial charge in [0.15, 0.2) is 0 Å². The van der Waals surface area contributed by atoms with E-state index in [2.05, 4.69) is 31.9 Å². The molecular weight excluding hydrogens is 370 g/mol. The van der Waals surface area contributed by atoms with Gasteiger partial charge in [0.05, 0.1) is 4.90 Å². The zero-order valence-corrected chi connectivity index (χ0v) is 13.1. The summed E-state index contributed by atoms with van der Waals surface area (Å²) in [5.41, 5.74) is 0. The molecule has 0 aliphatic heterocycles. The molecule has 0 unspecified atom stereocenters. The van der Waals surface area contributed by atoms with Crippen molar-refractivity contribution in [2.45, 2.75) is 23.8 Å². The van der Waals surface area contributed by atoms with Gasteiger partial charge in [-0.05, 0) is 37.1 Å². The Morgan fingerprint density at radius 2 is 1.82 bits per heavy atom. The molecule has 0 aromatic heterocycles. The molecule has 0 heterocycles. The fourth-order valence-corrected chi connectivity index (χ4v) is 4.25. The van der Waals surface area contributed by atoms with Crippen molar-refractivity contribution in [2.24, 2.45) is 0 Å². The van der Waals surface area contributed by atoms with Gasteiger partial charge in [0.1, 0.15) is 0 Å². The Morgan fingerprint density at radius 3 is 2.29 bits per heavy atom. The van der Waals surface area contributed by atoms with E-state index in [-0.39, 0.29) is 6.04 Å². The van der Waals surface area contributed by atoms with E-state index in [0.717, 1.165) is 17.3 Å². The molecule has 1 fully saturated rings. The molecular formula is C11H13Br2NO2S. The van der Waals surface area contributed by atoms with E-state index >= 15 is 0 Å². The molecule has 1 aromatic carbocycles. The third-order valence-corrected chi connectivity index (χ3v) is 5.53. The third kappa shape index (κ3) is 3.10. The molecule has 0 amide bonds. The minimum absolute atomic E-state index is 0.196. The van der Waals surface area contributed by atoms with Crippen molar-refractivity contribution < 1.29 is 8.42 Å². The van der Waals surface area contributed by atoms with E-state index in [0.29, 0.717) is 16.8 Å². The lowest BCUT2D eigenvalue weighted by atomic mass is 10.4. The zero-order valence-electron chi connectivity index (χ0n) is 9.14. The van der Waals surface area contributed by atoms with Crippen LogP contribution in [0.2, 0.25) is 0 Å². The van der Waals surface area contributed by atoms with Gasteiger partial charge in [0.25, 0.3) is 0 Å². The molecule has 0 bridgehead atoms. The SMILES string of the molecule is O=S(=O)(c1ccc(Br)cc1)N(CCBr)C1CC1. The first kappa shape index (κ1) is 13.5. The fourth-order valence-electron chi connectivity index (χ4n) is 1.69. The number of hydrogen-bond donors (Lipinski definition) is 0. The highest BCUT2D eigenvalue weighted by atomic mass is 79.9. The Labute approximate surface area is 119 Å². The highest BCUT2D eigenvalue weighted by Crippen LogP contribution is 2.32. The van der Waals surface area contributed by atoms with E-state index in [1.807, 2.05) is 0 Å². The predicted molar refractivity (Wildman–Crippen MR) is 74.8 cm³/mol. The summed E-state index contributed by atoms with van der Waals surface area (Å²) >= 11 is 6.61. The van der Waals surface area contributed by atoms with E-state index in [1.165, 1.54) is 0 Å². The van der Waals surface area contributed by atoms with Crippen molar-refractivity contribution in [2.75, 3.05) is 11.9 Å². The molecule has 1 aliphatic carbocycles. The summed E-state index contributed by atoms with van der Waals surface area (Å²) in [6.07, 6.45) is 1.95. The second-order valence-corrected chi connectivity index (χ2v) is 7.59. The second kappa shape index (κ2) is 5.38. The quantitative estimate of drug-likeness (QED) is 0.734. The molecule has 1 aromatic rings. The molecule has 6 heteroatoms. The molecule has 0 radical (unpaired) electrons. The second-order valence-electron chi connectivity index (χ2n) is 3.99. The summed E-state index contributed by atoms with van der Waals surface area (Å²) in [5.74, 6) is 0. The fraction of sp³-hybridized carbons (Fsp3) is 0.455. The molecule has 3 nitrogen and oxygen atoms in total. The van der Waals surface area contributed by atoms with Crippen molar-refractivity contribution in [1.29, 1.82) is 0 Å². The Bertz CT molecular complexity index is 483. The molecule has 0 atom stereocenters. The first-order valence-corrected chi connectivity index (χ1v) is 8.74. The first-order chi connectivity index (χ1) is 8.05. The van der Waals surface area contributed by atoms with Gasteiger partial charge >= 0.3 is 0 Å². The van der Waals surface area contributed by atoms with Crippen molar-refractivity contribution >= 4 is 41.9 Å². The lowest BCUT2D eigenvalue weighted by Gasteiger charge is -2.20. The molecule has 2 rings (SSSR count). The Kier molecular flexibility index (Phi) is 4.28. The average molecular weight is 383 g/mol. The van der Waals surface area contributed by atoms with E-state index in [1.54, 1.807) is 28.6 Å². The van der Waals surface area contributed by atoms with Crippen LogP contribution in [0.5, 0.6) is 0 Å². The van der Waals surface area contributed by atoms with Gasteiger partial charge in [-0.1, -0.05) is 31.9 Å². The Morgan fingerprint density at radius 1 is 1.24 bits per heavy atom. The van der Waals surface area contributed by atoms with Gasteiger partial charge < -0.3 is 0 Å². The van der Waals surface area contributed by atoms with E-state index in [9.17, 15) is 8.42 Å². The average Bonchev–Trinajstić information content (AvgIpc) is 3.10. The first-order valence-electron chi connectivity index (χ1n) is 5.39. The number of sulfonamides is 1. The minimum atomic E-state index is -3.33. The van der Waals surface area contributed by atoms with Crippen LogP contribution in [0.3, 0.4) is 0 Å². The number of hydrogen-bond acceptors (Lipinski definition) is 2. The van der Waals surface area contributed by atoms with Crippen molar-refractivity contribution in [3.05, 3.63) is 28.7 Å². The van der Waals surface area contributed by atoms with Gasteiger partial charge in [-0.25, -0.2) is 8.42 Å². The Balaban J connectivity index is 2.30. The number of rotatable bonds is 5. The van der Waals surface area contributed by atoms with Crippen molar-refractivity contribution in [3.8, 4) is 0 Å². The summed E-state index contributed by atoms with van der Waals surface area (Å²) in [7, 11) is -3.33. The lowest BCUT2D eigenvalue weighted by molar-refractivity contribution is 0.424. The summed E-state index contributed by atoms with van der Waals surface area (Å²) in [5, 5.41) is 0.666. The lowest BCUT2D eigenvalue weighted by Crippen LogP contribution is -2.34. The number of alkyl halides is 1. The van der Waals surface area contributed by atoms with E-state index in [4.69, 9.17) is 0 Å². The molecule has 0 saturated heterocycles. The maximum Gasteiger partial charge on any atom is 0.243 e. The predicted octanol–water partition coefficient (Wildman–Crippen LogP) is 3.00. The van der Waals surface area contributed by atoms with Gasteiger partial charge in [-0.3, -0.25) is 0 Å². The normalized spacial score (nSPS) is 16.4. The largest absolute Gasteiger partial charge is 0.243 e. The third-order valence-electron chi connectivity index (χ3n) is 2.68. The van der Waals surface area contributed by atoms with E-state index < -0.39 is 10.0 Å². The number of nitrogens with zero attached hydrogens (tertiary/aromatic N) is 1. The summed E-state index contributed by atoms with van der Waals surface area (Å²) in [6.45, 7) is 0.531. The standard InChI is InChI=1S/C11H13Br2NO2S/c12-7-8-14(10-3-4-10)17(15,16)11-5-1-9(13)2-6-11/h1-2,5-6,10H,3-4,7-8H2. The van der Waals surface area contributed by atoms with Crippen LogP contribution in [-0.4, -0.2) is 30.6 Å². The van der Waals surface area contributed by atoms with Crippen LogP contribution in [0.15, 0.2) is 33.6 Å². The maximum absolute atomic E-state index is 12.4. The van der Waals surface area contributed by atoms with Gasteiger partial charge in [-0.15, -0.1) is 0 Å². The number of halogens is 2. The molecule has 94 valence electrons. The smallest absolute Gasteiger partial charge is 0.207 e. The summed E-state index contributed by atoms with van der Waals surface area (Å²) in [6, 6.07) is 6.99. The van der Waals surface area contributed by atoms with Crippen LogP contribution in [-0.2, 0) is 10.0 Å². The van der Waals surface area contributed by atoms with Crippen LogP contribution in [0.25, 0.3) is 0 Å². The Hall–Kier alpha value is 0.0900. The molecule has 1 aliphatic rings.